The molecule has 2 rings (SSSR count). The molecule has 1 heterocycles. The molecular weight excluding hydrogens is 212 g/mol. The number of aliphatic hydroxyl groups is 1. The molecule has 90 valence electrons. The molecule has 0 bridgehead atoms. The lowest BCUT2D eigenvalue weighted by molar-refractivity contribution is 0.299. The molecule has 17 heavy (non-hydrogen) atoms. The smallest absolute Gasteiger partial charge is 0.0498 e. The van der Waals surface area contributed by atoms with E-state index in [0.717, 1.165) is 28.1 Å². The summed E-state index contributed by atoms with van der Waals surface area (Å²) in [5.41, 5.74) is 11.3. The van der Waals surface area contributed by atoms with E-state index in [1.165, 1.54) is 0 Å². The Balaban J connectivity index is 2.57. The minimum Gasteiger partial charge on any atom is -0.398 e. The van der Waals surface area contributed by atoms with Crippen LogP contribution in [0.5, 0.6) is 0 Å². The number of aliphatic hydroxyl groups excluding tert-OH is 1. The maximum atomic E-state index is 9.08. The van der Waals surface area contributed by atoms with Crippen LogP contribution in [0.1, 0.15) is 11.1 Å². The Morgan fingerprint density at radius 2 is 2.06 bits per heavy atom. The number of benzene rings is 1. The number of nitrogen functional groups attached to an aromatic ring is 1. The molecule has 0 fully saturated rings. The third-order valence-electron chi connectivity index (χ3n) is 3.17. The maximum Gasteiger partial charge on any atom is 0.0498 e. The SMILES string of the molecule is Cc1ccc(-c2cccn2C)c(N)c1CCO. The van der Waals surface area contributed by atoms with Gasteiger partial charge in [0, 0.05) is 36.8 Å². The average Bonchev–Trinajstić information content (AvgIpc) is 2.71. The summed E-state index contributed by atoms with van der Waals surface area (Å²) in [6, 6.07) is 8.15. The van der Waals surface area contributed by atoms with Gasteiger partial charge in [0.15, 0.2) is 0 Å². The van der Waals surface area contributed by atoms with Crippen LogP contribution in [0.2, 0.25) is 0 Å². The summed E-state index contributed by atoms with van der Waals surface area (Å²) in [6.07, 6.45) is 2.61. The van der Waals surface area contributed by atoms with E-state index < -0.39 is 0 Å². The van der Waals surface area contributed by atoms with Crippen LogP contribution in [0.4, 0.5) is 5.69 Å². The number of rotatable bonds is 3. The number of aryl methyl sites for hydroxylation is 2. The fourth-order valence-electron chi connectivity index (χ4n) is 2.18. The highest BCUT2D eigenvalue weighted by Gasteiger charge is 2.11. The van der Waals surface area contributed by atoms with Gasteiger partial charge in [-0.05, 0) is 36.6 Å². The van der Waals surface area contributed by atoms with Gasteiger partial charge in [-0.2, -0.15) is 0 Å². The average molecular weight is 230 g/mol. The molecule has 0 aliphatic heterocycles. The first-order chi connectivity index (χ1) is 8.15. The number of nitrogens with zero attached hydrogens (tertiary/aromatic N) is 1. The topological polar surface area (TPSA) is 51.2 Å². The summed E-state index contributed by atoms with van der Waals surface area (Å²) < 4.78 is 2.05. The van der Waals surface area contributed by atoms with E-state index in [1.807, 2.05) is 42.9 Å². The monoisotopic (exact) mass is 230 g/mol. The van der Waals surface area contributed by atoms with Crippen molar-refractivity contribution in [3.8, 4) is 11.3 Å². The Morgan fingerprint density at radius 1 is 1.29 bits per heavy atom. The third-order valence-corrected chi connectivity index (χ3v) is 3.17. The first-order valence-corrected chi connectivity index (χ1v) is 5.75. The molecular formula is C14H18N2O. The van der Waals surface area contributed by atoms with Gasteiger partial charge in [0.1, 0.15) is 0 Å². The molecule has 0 amide bonds. The molecule has 0 saturated carbocycles. The molecule has 1 aromatic heterocycles. The zero-order valence-electron chi connectivity index (χ0n) is 10.3. The normalized spacial score (nSPS) is 10.8. The number of nitrogens with two attached hydrogens (primary N) is 1. The predicted molar refractivity (Wildman–Crippen MR) is 70.8 cm³/mol. The van der Waals surface area contributed by atoms with Crippen molar-refractivity contribution >= 4 is 5.69 Å². The summed E-state index contributed by atoms with van der Waals surface area (Å²) in [7, 11) is 2.00. The molecule has 0 unspecified atom stereocenters. The van der Waals surface area contributed by atoms with Crippen molar-refractivity contribution in [2.45, 2.75) is 13.3 Å². The second-order valence-corrected chi connectivity index (χ2v) is 4.30. The highest BCUT2D eigenvalue weighted by molar-refractivity contribution is 5.77. The van der Waals surface area contributed by atoms with Crippen molar-refractivity contribution < 1.29 is 5.11 Å². The largest absolute Gasteiger partial charge is 0.398 e. The van der Waals surface area contributed by atoms with Crippen LogP contribution in [0.3, 0.4) is 0 Å². The molecule has 0 radical (unpaired) electrons. The Bertz CT molecular complexity index is 529. The summed E-state index contributed by atoms with van der Waals surface area (Å²) in [5, 5.41) is 9.08. The summed E-state index contributed by atoms with van der Waals surface area (Å²) in [4.78, 5) is 0. The van der Waals surface area contributed by atoms with Gasteiger partial charge >= 0.3 is 0 Å². The summed E-state index contributed by atoms with van der Waals surface area (Å²) >= 11 is 0. The molecule has 3 N–H and O–H groups in total. The molecule has 0 saturated heterocycles. The zero-order chi connectivity index (χ0) is 12.4. The highest BCUT2D eigenvalue weighted by Crippen LogP contribution is 2.30. The molecule has 2 aromatic rings. The molecule has 0 atom stereocenters. The molecule has 0 aliphatic carbocycles. The van der Waals surface area contributed by atoms with Gasteiger partial charge < -0.3 is 15.4 Å². The number of hydrogen-bond donors (Lipinski definition) is 2. The molecule has 0 aliphatic rings. The van der Waals surface area contributed by atoms with E-state index in [0.29, 0.717) is 6.42 Å². The fourth-order valence-corrected chi connectivity index (χ4v) is 2.18. The standard InChI is InChI=1S/C14H18N2O/c1-10-5-6-12(13-4-3-8-16(13)2)14(15)11(10)7-9-17/h3-6,8,17H,7,9,15H2,1-2H3. The van der Waals surface area contributed by atoms with Crippen LogP contribution >= 0.6 is 0 Å². The molecule has 3 nitrogen and oxygen atoms in total. The quantitative estimate of drug-likeness (QED) is 0.793. The molecule has 0 spiro atoms. The maximum absolute atomic E-state index is 9.08. The minimum absolute atomic E-state index is 0.127. The van der Waals surface area contributed by atoms with Gasteiger partial charge in [0.25, 0.3) is 0 Å². The summed E-state index contributed by atoms with van der Waals surface area (Å²) in [6.45, 7) is 2.15. The van der Waals surface area contributed by atoms with Crippen molar-refractivity contribution in [3.63, 3.8) is 0 Å². The van der Waals surface area contributed by atoms with Gasteiger partial charge in [-0.3, -0.25) is 0 Å². The summed E-state index contributed by atoms with van der Waals surface area (Å²) in [5.74, 6) is 0. The third kappa shape index (κ3) is 2.06. The molecule has 1 aromatic carbocycles. The van der Waals surface area contributed by atoms with Crippen LogP contribution in [0, 0.1) is 6.92 Å². The van der Waals surface area contributed by atoms with Crippen molar-refractivity contribution in [1.29, 1.82) is 0 Å². The van der Waals surface area contributed by atoms with Crippen LogP contribution in [-0.4, -0.2) is 16.3 Å². The highest BCUT2D eigenvalue weighted by atomic mass is 16.2. The van der Waals surface area contributed by atoms with Crippen LogP contribution in [0.15, 0.2) is 30.5 Å². The van der Waals surface area contributed by atoms with Gasteiger partial charge in [-0.25, -0.2) is 0 Å². The second-order valence-electron chi connectivity index (χ2n) is 4.30. The minimum atomic E-state index is 0.127. The number of hydrogen-bond acceptors (Lipinski definition) is 2. The lowest BCUT2D eigenvalue weighted by atomic mass is 9.98. The van der Waals surface area contributed by atoms with Crippen molar-refractivity contribution in [3.05, 3.63) is 41.6 Å². The van der Waals surface area contributed by atoms with Crippen molar-refractivity contribution in [2.75, 3.05) is 12.3 Å². The van der Waals surface area contributed by atoms with Crippen molar-refractivity contribution in [2.24, 2.45) is 7.05 Å². The van der Waals surface area contributed by atoms with Gasteiger partial charge in [0.05, 0.1) is 0 Å². The van der Waals surface area contributed by atoms with E-state index >= 15 is 0 Å². The Kier molecular flexibility index (Phi) is 3.20. The Morgan fingerprint density at radius 3 is 2.65 bits per heavy atom. The molecule has 3 heteroatoms. The van der Waals surface area contributed by atoms with Crippen LogP contribution in [-0.2, 0) is 13.5 Å². The van der Waals surface area contributed by atoms with E-state index in [4.69, 9.17) is 10.8 Å². The van der Waals surface area contributed by atoms with Gasteiger partial charge in [-0.15, -0.1) is 0 Å². The lowest BCUT2D eigenvalue weighted by Gasteiger charge is -2.14. The lowest BCUT2D eigenvalue weighted by Crippen LogP contribution is -2.03. The van der Waals surface area contributed by atoms with Crippen molar-refractivity contribution in [1.82, 2.24) is 4.57 Å². The van der Waals surface area contributed by atoms with E-state index in [1.54, 1.807) is 0 Å². The van der Waals surface area contributed by atoms with E-state index in [2.05, 4.69) is 6.07 Å². The second kappa shape index (κ2) is 4.63. The number of anilines is 1. The predicted octanol–water partition coefficient (Wildman–Crippen LogP) is 2.12. The first kappa shape index (κ1) is 11.7. The van der Waals surface area contributed by atoms with E-state index in [-0.39, 0.29) is 6.61 Å². The van der Waals surface area contributed by atoms with E-state index in [9.17, 15) is 0 Å². The Labute approximate surface area is 102 Å². The zero-order valence-corrected chi connectivity index (χ0v) is 10.3. The van der Waals surface area contributed by atoms with Crippen LogP contribution < -0.4 is 5.73 Å². The van der Waals surface area contributed by atoms with Gasteiger partial charge in [-0.1, -0.05) is 12.1 Å². The number of aromatic nitrogens is 1. The first-order valence-electron chi connectivity index (χ1n) is 5.75. The fraction of sp³-hybridized carbons (Fsp3) is 0.286. The van der Waals surface area contributed by atoms with Gasteiger partial charge in [0.2, 0.25) is 0 Å². The van der Waals surface area contributed by atoms with Crippen LogP contribution in [0.25, 0.3) is 11.3 Å². The Hall–Kier alpha value is -1.74.